The number of carbonyl (C=O) groups is 2. The summed E-state index contributed by atoms with van der Waals surface area (Å²) in [6.07, 6.45) is 0.890. The molecule has 1 aliphatic rings. The Morgan fingerprint density at radius 1 is 1.27 bits per heavy atom. The number of amides is 1. The number of hydrogen-bond acceptors (Lipinski definition) is 5. The van der Waals surface area contributed by atoms with E-state index in [1.54, 1.807) is 5.38 Å². The first-order chi connectivity index (χ1) is 12.3. The molecule has 1 aromatic carbocycles. The first-order valence-electron chi connectivity index (χ1n) is 8.70. The number of rotatable bonds is 5. The highest BCUT2D eigenvalue weighted by atomic mass is 32.1. The number of hydrogen-bond donors (Lipinski definition) is 0. The molecular weight excluding hydrogens is 348 g/mol. The lowest BCUT2D eigenvalue weighted by Crippen LogP contribution is -2.46. The summed E-state index contributed by atoms with van der Waals surface area (Å²) in [5.74, 6) is 0.0285. The van der Waals surface area contributed by atoms with Gasteiger partial charge in [-0.1, -0.05) is 30.3 Å². The number of thiazole rings is 1. The summed E-state index contributed by atoms with van der Waals surface area (Å²) < 4.78 is 4.71. The Hall–Kier alpha value is -2.21. The van der Waals surface area contributed by atoms with Crippen molar-refractivity contribution in [2.75, 3.05) is 7.11 Å². The quantitative estimate of drug-likeness (QED) is 0.748. The maximum Gasteiger partial charge on any atom is 0.357 e. The summed E-state index contributed by atoms with van der Waals surface area (Å²) in [5, 5.41) is 2.42. The minimum absolute atomic E-state index is 0.0247. The summed E-state index contributed by atoms with van der Waals surface area (Å²) in [5.41, 5.74) is 1.20. The van der Waals surface area contributed by atoms with Gasteiger partial charge in [-0.3, -0.25) is 4.79 Å². The molecule has 0 N–H and O–H groups in total. The van der Waals surface area contributed by atoms with Crippen LogP contribution in [0.15, 0.2) is 35.7 Å². The Bertz CT molecular complexity index is 795. The maximum atomic E-state index is 13.1. The van der Waals surface area contributed by atoms with Gasteiger partial charge in [-0.15, -0.1) is 11.3 Å². The van der Waals surface area contributed by atoms with Gasteiger partial charge in [-0.05, 0) is 38.7 Å². The van der Waals surface area contributed by atoms with Crippen molar-refractivity contribution in [3.8, 4) is 0 Å². The first kappa shape index (κ1) is 18.6. The van der Waals surface area contributed by atoms with Crippen LogP contribution in [0, 0.1) is 5.92 Å². The van der Waals surface area contributed by atoms with E-state index in [2.05, 4.69) is 17.1 Å². The highest BCUT2D eigenvalue weighted by Gasteiger charge is 2.47. The van der Waals surface area contributed by atoms with Crippen LogP contribution in [-0.4, -0.2) is 34.4 Å². The highest BCUT2D eigenvalue weighted by Crippen LogP contribution is 2.49. The molecule has 138 valence electrons. The van der Waals surface area contributed by atoms with Crippen molar-refractivity contribution in [1.82, 2.24) is 9.88 Å². The number of esters is 1. The third kappa shape index (κ3) is 3.96. The van der Waals surface area contributed by atoms with Gasteiger partial charge in [0.2, 0.25) is 5.91 Å². The second-order valence-electron chi connectivity index (χ2n) is 7.57. The van der Waals surface area contributed by atoms with E-state index in [1.807, 2.05) is 43.9 Å². The van der Waals surface area contributed by atoms with Crippen molar-refractivity contribution in [1.29, 1.82) is 0 Å². The highest BCUT2D eigenvalue weighted by molar-refractivity contribution is 7.09. The number of methoxy groups -OCH3 is 1. The number of aromatic nitrogens is 1. The van der Waals surface area contributed by atoms with Crippen LogP contribution < -0.4 is 0 Å². The first-order valence-corrected chi connectivity index (χ1v) is 9.58. The molecule has 5 nitrogen and oxygen atoms in total. The van der Waals surface area contributed by atoms with Gasteiger partial charge in [0.05, 0.1) is 13.7 Å². The van der Waals surface area contributed by atoms with Crippen LogP contribution >= 0.6 is 11.3 Å². The number of ether oxygens (including phenoxy) is 1. The van der Waals surface area contributed by atoms with Crippen LogP contribution in [0.1, 0.15) is 54.2 Å². The van der Waals surface area contributed by atoms with Crippen molar-refractivity contribution in [3.05, 3.63) is 52.0 Å². The largest absolute Gasteiger partial charge is 0.464 e. The van der Waals surface area contributed by atoms with E-state index in [9.17, 15) is 9.59 Å². The van der Waals surface area contributed by atoms with Crippen LogP contribution in [-0.2, 0) is 16.1 Å². The average molecular weight is 372 g/mol. The molecule has 1 fully saturated rings. The van der Waals surface area contributed by atoms with Crippen molar-refractivity contribution in [2.24, 2.45) is 5.92 Å². The Kier molecular flexibility index (Phi) is 5.14. The molecule has 2 atom stereocenters. The normalized spacial score (nSPS) is 19.1. The van der Waals surface area contributed by atoms with E-state index in [4.69, 9.17) is 4.74 Å². The average Bonchev–Trinajstić information content (AvgIpc) is 3.28. The second kappa shape index (κ2) is 7.19. The molecule has 2 unspecified atom stereocenters. The van der Waals surface area contributed by atoms with Crippen LogP contribution in [0.3, 0.4) is 0 Å². The lowest BCUT2D eigenvalue weighted by molar-refractivity contribution is -0.138. The predicted molar refractivity (Wildman–Crippen MR) is 101 cm³/mol. The van der Waals surface area contributed by atoms with E-state index < -0.39 is 5.97 Å². The van der Waals surface area contributed by atoms with E-state index in [-0.39, 0.29) is 17.4 Å². The molecule has 0 bridgehead atoms. The zero-order valence-electron chi connectivity index (χ0n) is 15.6. The molecule has 1 heterocycles. The van der Waals surface area contributed by atoms with Gasteiger partial charge in [-0.2, -0.15) is 0 Å². The summed E-state index contributed by atoms with van der Waals surface area (Å²) >= 11 is 1.38. The van der Waals surface area contributed by atoms with Crippen molar-refractivity contribution < 1.29 is 14.3 Å². The van der Waals surface area contributed by atoms with Crippen LogP contribution in [0.2, 0.25) is 0 Å². The SMILES string of the molecule is COC(=O)c1csc(CN(C(=O)C2CC2c2ccccc2)C(C)(C)C)n1. The van der Waals surface area contributed by atoms with Crippen LogP contribution in [0.5, 0.6) is 0 Å². The van der Waals surface area contributed by atoms with Crippen LogP contribution in [0.25, 0.3) is 0 Å². The molecule has 6 heteroatoms. The fourth-order valence-electron chi connectivity index (χ4n) is 3.10. The van der Waals surface area contributed by atoms with E-state index >= 15 is 0 Å². The van der Waals surface area contributed by atoms with Gasteiger partial charge < -0.3 is 9.64 Å². The lowest BCUT2D eigenvalue weighted by Gasteiger charge is -2.35. The second-order valence-corrected chi connectivity index (χ2v) is 8.52. The molecular formula is C20H24N2O3S. The molecule has 0 radical (unpaired) electrons. The van der Waals surface area contributed by atoms with Crippen molar-refractivity contribution in [3.63, 3.8) is 0 Å². The molecule has 1 aliphatic carbocycles. The molecule has 1 amide bonds. The zero-order chi connectivity index (χ0) is 18.9. The molecule has 2 aromatic rings. The summed E-state index contributed by atoms with van der Waals surface area (Å²) in [6, 6.07) is 10.2. The number of carbonyl (C=O) groups excluding carboxylic acids is 2. The van der Waals surface area contributed by atoms with Gasteiger partial charge in [0.25, 0.3) is 0 Å². The van der Waals surface area contributed by atoms with Gasteiger partial charge in [0, 0.05) is 16.8 Å². The van der Waals surface area contributed by atoms with Gasteiger partial charge in [-0.25, -0.2) is 9.78 Å². The third-order valence-electron chi connectivity index (χ3n) is 4.65. The maximum absolute atomic E-state index is 13.1. The topological polar surface area (TPSA) is 59.5 Å². The Labute approximate surface area is 158 Å². The third-order valence-corrected chi connectivity index (χ3v) is 5.48. The van der Waals surface area contributed by atoms with Gasteiger partial charge >= 0.3 is 5.97 Å². The Morgan fingerprint density at radius 2 is 1.96 bits per heavy atom. The Morgan fingerprint density at radius 3 is 2.58 bits per heavy atom. The minimum Gasteiger partial charge on any atom is -0.464 e. The fourth-order valence-corrected chi connectivity index (χ4v) is 3.85. The molecule has 3 rings (SSSR count). The van der Waals surface area contributed by atoms with Crippen molar-refractivity contribution >= 4 is 23.2 Å². The molecule has 26 heavy (non-hydrogen) atoms. The van der Waals surface area contributed by atoms with Gasteiger partial charge in [0.15, 0.2) is 5.69 Å². The standard InChI is InChI=1S/C20H24N2O3S/c1-20(2,3)22(11-17-21-16(12-26-17)19(24)25-4)18(23)15-10-14(15)13-8-6-5-7-9-13/h5-9,12,14-15H,10-11H2,1-4H3. The molecule has 1 saturated carbocycles. The monoisotopic (exact) mass is 372 g/mol. The predicted octanol–water partition coefficient (Wildman–Crippen LogP) is 3.86. The van der Waals surface area contributed by atoms with E-state index in [0.29, 0.717) is 18.2 Å². The van der Waals surface area contributed by atoms with Crippen molar-refractivity contribution in [2.45, 2.75) is 45.2 Å². The molecule has 0 spiro atoms. The van der Waals surface area contributed by atoms with Gasteiger partial charge in [0.1, 0.15) is 5.01 Å². The minimum atomic E-state index is -0.451. The molecule has 0 aliphatic heterocycles. The lowest BCUT2D eigenvalue weighted by atomic mass is 10.0. The number of nitrogens with zero attached hydrogens (tertiary/aromatic N) is 2. The summed E-state index contributed by atoms with van der Waals surface area (Å²) in [7, 11) is 1.34. The molecule has 0 saturated heterocycles. The van der Waals surface area contributed by atoms with E-state index in [0.717, 1.165) is 11.4 Å². The van der Waals surface area contributed by atoms with Crippen LogP contribution in [0.4, 0.5) is 0 Å². The molecule has 1 aromatic heterocycles. The van der Waals surface area contributed by atoms with E-state index in [1.165, 1.54) is 24.0 Å². The fraction of sp³-hybridized carbons (Fsp3) is 0.450. The summed E-state index contributed by atoms with van der Waals surface area (Å²) in [6.45, 7) is 6.49. The summed E-state index contributed by atoms with van der Waals surface area (Å²) in [4.78, 5) is 31.0. The smallest absolute Gasteiger partial charge is 0.357 e. The zero-order valence-corrected chi connectivity index (χ0v) is 16.4. The Balaban J connectivity index is 1.74. The number of benzene rings is 1.